The Morgan fingerprint density at radius 3 is 2.93 bits per heavy atom. The van der Waals surface area contributed by atoms with Gasteiger partial charge in [0.25, 0.3) is 0 Å². The third-order valence-electron chi connectivity index (χ3n) is 1.38. The van der Waals surface area contributed by atoms with Gasteiger partial charge in [-0.05, 0) is 17.5 Å². The largest absolute Gasteiger partial charge is 0.468 e. The summed E-state index contributed by atoms with van der Waals surface area (Å²) in [5.41, 5.74) is 0. The Morgan fingerprint density at radius 1 is 1.57 bits per heavy atom. The molecule has 0 aromatic carbocycles. The number of hydrogen-bond acceptors (Lipinski definition) is 4. The number of nitrogens with one attached hydrogen (secondary N) is 2. The Hall–Kier alpha value is -1.56. The van der Waals surface area contributed by atoms with Crippen molar-refractivity contribution in [3.63, 3.8) is 0 Å². The number of methoxy groups -OCH3 is 1. The average molecular weight is 214 g/mol. The summed E-state index contributed by atoms with van der Waals surface area (Å²) < 4.78 is 4.36. The van der Waals surface area contributed by atoms with Crippen LogP contribution in [0.25, 0.3) is 0 Å². The van der Waals surface area contributed by atoms with Crippen LogP contribution in [0.5, 0.6) is 0 Å². The second-order valence-corrected chi connectivity index (χ2v) is 3.31. The monoisotopic (exact) mass is 214 g/mol. The summed E-state index contributed by atoms with van der Waals surface area (Å²) in [6.07, 6.45) is 0. The normalized spacial score (nSPS) is 9.21. The van der Waals surface area contributed by atoms with Crippen molar-refractivity contribution in [2.24, 2.45) is 0 Å². The number of rotatable bonds is 3. The van der Waals surface area contributed by atoms with E-state index in [4.69, 9.17) is 0 Å². The summed E-state index contributed by atoms with van der Waals surface area (Å²) in [5, 5.41) is 7.49. The van der Waals surface area contributed by atoms with E-state index < -0.39 is 12.0 Å². The molecule has 0 saturated heterocycles. The van der Waals surface area contributed by atoms with Crippen molar-refractivity contribution in [1.29, 1.82) is 0 Å². The lowest BCUT2D eigenvalue weighted by atomic mass is 10.6. The van der Waals surface area contributed by atoms with Crippen LogP contribution in [0.3, 0.4) is 0 Å². The highest BCUT2D eigenvalue weighted by Crippen LogP contribution is 2.14. The van der Waals surface area contributed by atoms with Crippen LogP contribution in [0, 0.1) is 0 Å². The molecule has 0 spiro atoms. The van der Waals surface area contributed by atoms with Crippen molar-refractivity contribution in [3.8, 4) is 0 Å². The van der Waals surface area contributed by atoms with Crippen LogP contribution in [0.2, 0.25) is 0 Å². The second-order valence-electron chi connectivity index (χ2n) is 2.36. The molecule has 6 heteroatoms. The molecule has 1 heterocycles. The summed E-state index contributed by atoms with van der Waals surface area (Å²) in [4.78, 5) is 21.8. The van der Waals surface area contributed by atoms with E-state index in [2.05, 4.69) is 15.4 Å². The Labute approximate surface area is 85.1 Å². The van der Waals surface area contributed by atoms with E-state index in [0.717, 1.165) is 5.00 Å². The van der Waals surface area contributed by atoms with E-state index in [1.807, 2.05) is 11.4 Å². The summed E-state index contributed by atoms with van der Waals surface area (Å²) in [7, 11) is 1.27. The Bertz CT molecular complexity index is 310. The molecule has 14 heavy (non-hydrogen) atoms. The second kappa shape index (κ2) is 5.23. The molecule has 2 N–H and O–H groups in total. The third-order valence-corrected chi connectivity index (χ3v) is 2.16. The quantitative estimate of drug-likeness (QED) is 0.739. The summed E-state index contributed by atoms with van der Waals surface area (Å²) in [6.45, 7) is -0.131. The van der Waals surface area contributed by atoms with Gasteiger partial charge >= 0.3 is 12.0 Å². The zero-order valence-corrected chi connectivity index (χ0v) is 8.39. The van der Waals surface area contributed by atoms with Gasteiger partial charge < -0.3 is 10.1 Å². The number of urea groups is 1. The maximum atomic E-state index is 11.1. The minimum absolute atomic E-state index is 0.131. The number of amides is 2. The molecule has 0 unspecified atom stereocenters. The Morgan fingerprint density at radius 2 is 2.36 bits per heavy atom. The molecular formula is C8H10N2O3S. The SMILES string of the molecule is COC(=O)CNC(=O)Nc1cccs1. The highest BCUT2D eigenvalue weighted by Gasteiger charge is 2.04. The molecule has 76 valence electrons. The first-order valence-electron chi connectivity index (χ1n) is 3.87. The molecule has 0 fully saturated rings. The van der Waals surface area contributed by atoms with Crippen molar-refractivity contribution in [2.75, 3.05) is 19.0 Å². The fourth-order valence-electron chi connectivity index (χ4n) is 0.730. The highest BCUT2D eigenvalue weighted by molar-refractivity contribution is 7.14. The van der Waals surface area contributed by atoms with Gasteiger partial charge in [0.05, 0.1) is 12.1 Å². The third kappa shape index (κ3) is 3.44. The fourth-order valence-corrected chi connectivity index (χ4v) is 1.34. The minimum atomic E-state index is -0.480. The smallest absolute Gasteiger partial charge is 0.325 e. The van der Waals surface area contributed by atoms with Crippen LogP contribution in [0.4, 0.5) is 9.80 Å². The van der Waals surface area contributed by atoms with Gasteiger partial charge in [-0.1, -0.05) is 0 Å². The highest BCUT2D eigenvalue weighted by atomic mass is 32.1. The molecule has 1 aromatic heterocycles. The Balaban J connectivity index is 2.26. The topological polar surface area (TPSA) is 67.4 Å². The molecule has 0 aliphatic carbocycles. The van der Waals surface area contributed by atoms with Crippen LogP contribution < -0.4 is 10.6 Å². The number of carbonyl (C=O) groups excluding carboxylic acids is 2. The number of hydrogen-bond donors (Lipinski definition) is 2. The molecule has 0 saturated carbocycles. The zero-order valence-electron chi connectivity index (χ0n) is 7.57. The Kier molecular flexibility index (Phi) is 3.93. The number of ether oxygens (including phenoxy) is 1. The zero-order chi connectivity index (χ0) is 10.4. The van der Waals surface area contributed by atoms with Gasteiger partial charge in [0.15, 0.2) is 0 Å². The first-order valence-corrected chi connectivity index (χ1v) is 4.75. The molecule has 1 aromatic rings. The molecule has 0 aliphatic rings. The number of carbonyl (C=O) groups is 2. The lowest BCUT2D eigenvalue weighted by Gasteiger charge is -2.03. The van der Waals surface area contributed by atoms with Crippen LogP contribution in [-0.4, -0.2) is 25.7 Å². The van der Waals surface area contributed by atoms with Crippen LogP contribution >= 0.6 is 11.3 Å². The predicted molar refractivity (Wildman–Crippen MR) is 53.4 cm³/mol. The van der Waals surface area contributed by atoms with Crippen molar-refractivity contribution in [2.45, 2.75) is 0 Å². The lowest BCUT2D eigenvalue weighted by Crippen LogP contribution is -2.33. The number of thiophene rings is 1. The molecule has 0 aliphatic heterocycles. The summed E-state index contributed by atoms with van der Waals surface area (Å²) >= 11 is 1.40. The van der Waals surface area contributed by atoms with E-state index in [-0.39, 0.29) is 6.54 Å². The number of anilines is 1. The molecule has 0 atom stereocenters. The predicted octanol–water partition coefficient (Wildman–Crippen LogP) is 1.04. The van der Waals surface area contributed by atoms with Gasteiger partial charge in [-0.15, -0.1) is 11.3 Å². The van der Waals surface area contributed by atoms with E-state index in [0.29, 0.717) is 0 Å². The van der Waals surface area contributed by atoms with Gasteiger partial charge in [-0.3, -0.25) is 10.1 Å². The van der Waals surface area contributed by atoms with Crippen molar-refractivity contribution < 1.29 is 14.3 Å². The maximum absolute atomic E-state index is 11.1. The van der Waals surface area contributed by atoms with Gasteiger partial charge in [-0.2, -0.15) is 0 Å². The van der Waals surface area contributed by atoms with Crippen LogP contribution in [0.15, 0.2) is 17.5 Å². The minimum Gasteiger partial charge on any atom is -0.468 e. The van der Waals surface area contributed by atoms with Crippen LogP contribution in [-0.2, 0) is 9.53 Å². The van der Waals surface area contributed by atoms with E-state index in [9.17, 15) is 9.59 Å². The average Bonchev–Trinajstić information content (AvgIpc) is 2.66. The first kappa shape index (κ1) is 10.5. The molecule has 1 rings (SSSR count). The maximum Gasteiger partial charge on any atom is 0.325 e. The van der Waals surface area contributed by atoms with E-state index >= 15 is 0 Å². The van der Waals surface area contributed by atoms with Crippen molar-refractivity contribution >= 4 is 28.3 Å². The summed E-state index contributed by atoms with van der Waals surface area (Å²) in [5.74, 6) is -0.480. The van der Waals surface area contributed by atoms with Gasteiger partial charge in [0, 0.05) is 0 Å². The van der Waals surface area contributed by atoms with Crippen molar-refractivity contribution in [1.82, 2.24) is 5.32 Å². The van der Waals surface area contributed by atoms with Crippen LogP contribution in [0.1, 0.15) is 0 Å². The first-order chi connectivity index (χ1) is 6.72. The molecule has 5 nitrogen and oxygen atoms in total. The fraction of sp³-hybridized carbons (Fsp3) is 0.250. The molecule has 0 bridgehead atoms. The van der Waals surface area contributed by atoms with Gasteiger partial charge in [0.1, 0.15) is 6.54 Å². The van der Waals surface area contributed by atoms with Gasteiger partial charge in [-0.25, -0.2) is 4.79 Å². The standard InChI is InChI=1S/C8H10N2O3S/c1-13-7(11)5-9-8(12)10-6-3-2-4-14-6/h2-4H,5H2,1H3,(H2,9,10,12). The number of esters is 1. The van der Waals surface area contributed by atoms with E-state index in [1.54, 1.807) is 6.07 Å². The lowest BCUT2D eigenvalue weighted by molar-refractivity contribution is -0.139. The summed E-state index contributed by atoms with van der Waals surface area (Å²) in [6, 6.07) is 3.17. The molecule has 0 radical (unpaired) electrons. The van der Waals surface area contributed by atoms with Crippen molar-refractivity contribution in [3.05, 3.63) is 17.5 Å². The van der Waals surface area contributed by atoms with E-state index in [1.165, 1.54) is 18.4 Å². The molecule has 2 amide bonds. The molecular weight excluding hydrogens is 204 g/mol. The van der Waals surface area contributed by atoms with Gasteiger partial charge in [0.2, 0.25) is 0 Å².